The largest absolute Gasteiger partial charge is 0.466 e. The van der Waals surface area contributed by atoms with Gasteiger partial charge in [-0.25, -0.2) is 0 Å². The van der Waals surface area contributed by atoms with E-state index >= 15 is 0 Å². The highest BCUT2D eigenvalue weighted by atomic mass is 16.5. The van der Waals surface area contributed by atoms with Crippen LogP contribution in [0.4, 0.5) is 0 Å². The molecule has 4 nitrogen and oxygen atoms in total. The average molecular weight is 211 g/mol. The van der Waals surface area contributed by atoms with Gasteiger partial charge in [0.2, 0.25) is 0 Å². The molecule has 0 bridgehead atoms. The minimum Gasteiger partial charge on any atom is -0.466 e. The second kappa shape index (κ2) is 4.98. The van der Waals surface area contributed by atoms with Crippen molar-refractivity contribution in [2.45, 2.75) is 26.8 Å². The van der Waals surface area contributed by atoms with Gasteiger partial charge in [-0.15, -0.1) is 0 Å². The van der Waals surface area contributed by atoms with E-state index in [1.165, 1.54) is 0 Å². The Kier molecular flexibility index (Phi) is 3.91. The van der Waals surface area contributed by atoms with Crippen LogP contribution >= 0.6 is 0 Å². The summed E-state index contributed by atoms with van der Waals surface area (Å²) in [6.45, 7) is 6.00. The first-order chi connectivity index (χ1) is 7.04. The molecule has 0 aromatic carbocycles. The van der Waals surface area contributed by atoms with Crippen LogP contribution in [0.3, 0.4) is 0 Å². The summed E-state index contributed by atoms with van der Waals surface area (Å²) in [5.74, 6) is 1.28. The Balaban J connectivity index is 2.65. The fourth-order valence-corrected chi connectivity index (χ4v) is 1.45. The predicted molar refractivity (Wildman–Crippen MR) is 57.0 cm³/mol. The lowest BCUT2D eigenvalue weighted by Gasteiger charge is -2.11. The van der Waals surface area contributed by atoms with Gasteiger partial charge in [-0.1, -0.05) is 0 Å². The highest BCUT2D eigenvalue weighted by molar-refractivity contribution is 5.95. The van der Waals surface area contributed by atoms with Crippen molar-refractivity contribution >= 4 is 5.91 Å². The molecule has 1 amide bonds. The van der Waals surface area contributed by atoms with Crippen molar-refractivity contribution in [3.63, 3.8) is 0 Å². The minimum absolute atomic E-state index is 0.00268. The third-order valence-corrected chi connectivity index (χ3v) is 2.08. The van der Waals surface area contributed by atoms with E-state index in [-0.39, 0.29) is 11.9 Å². The van der Waals surface area contributed by atoms with Crippen LogP contribution in [0.25, 0.3) is 0 Å². The molecule has 0 spiro atoms. The maximum atomic E-state index is 11.7. The van der Waals surface area contributed by atoms with Gasteiger partial charge < -0.3 is 14.5 Å². The van der Waals surface area contributed by atoms with E-state index in [2.05, 4.69) is 5.32 Å². The molecule has 0 aliphatic carbocycles. The van der Waals surface area contributed by atoms with Crippen molar-refractivity contribution in [3.8, 4) is 0 Å². The lowest BCUT2D eigenvalue weighted by Crippen LogP contribution is -2.35. The Morgan fingerprint density at radius 3 is 2.73 bits per heavy atom. The summed E-state index contributed by atoms with van der Waals surface area (Å²) in [4.78, 5) is 11.7. The second-order valence-electron chi connectivity index (χ2n) is 3.66. The number of ether oxygens (including phenoxy) is 1. The molecule has 1 rings (SSSR count). The lowest BCUT2D eigenvalue weighted by molar-refractivity contribution is 0.0904. The highest BCUT2D eigenvalue weighted by Crippen LogP contribution is 2.13. The van der Waals surface area contributed by atoms with Crippen molar-refractivity contribution in [3.05, 3.63) is 23.2 Å². The Labute approximate surface area is 89.6 Å². The van der Waals surface area contributed by atoms with Gasteiger partial charge in [-0.3, -0.25) is 4.79 Å². The SMILES string of the molecule is COC[C@H](C)NC(=O)c1cc(C)oc1C. The zero-order chi connectivity index (χ0) is 11.4. The summed E-state index contributed by atoms with van der Waals surface area (Å²) >= 11 is 0. The zero-order valence-electron chi connectivity index (χ0n) is 9.59. The Bertz CT molecular complexity index is 344. The topological polar surface area (TPSA) is 51.5 Å². The Hall–Kier alpha value is -1.29. The quantitative estimate of drug-likeness (QED) is 0.824. The van der Waals surface area contributed by atoms with E-state index < -0.39 is 0 Å². The van der Waals surface area contributed by atoms with Gasteiger partial charge in [0.05, 0.1) is 12.2 Å². The van der Waals surface area contributed by atoms with E-state index in [4.69, 9.17) is 9.15 Å². The Morgan fingerprint density at radius 1 is 1.60 bits per heavy atom. The van der Waals surface area contributed by atoms with Crippen LogP contribution in [0.1, 0.15) is 28.8 Å². The summed E-state index contributed by atoms with van der Waals surface area (Å²) < 4.78 is 10.2. The van der Waals surface area contributed by atoms with Gasteiger partial charge in [0, 0.05) is 13.2 Å². The Morgan fingerprint density at radius 2 is 2.27 bits per heavy atom. The van der Waals surface area contributed by atoms with Crippen LogP contribution in [0.2, 0.25) is 0 Å². The lowest BCUT2D eigenvalue weighted by atomic mass is 10.2. The molecule has 1 N–H and O–H groups in total. The number of carbonyl (C=O) groups excluding carboxylic acids is 1. The number of aryl methyl sites for hydroxylation is 2. The van der Waals surface area contributed by atoms with E-state index in [0.29, 0.717) is 17.9 Å². The van der Waals surface area contributed by atoms with Gasteiger partial charge >= 0.3 is 0 Å². The smallest absolute Gasteiger partial charge is 0.255 e. The van der Waals surface area contributed by atoms with Gasteiger partial charge in [-0.05, 0) is 26.8 Å². The van der Waals surface area contributed by atoms with E-state index in [9.17, 15) is 4.79 Å². The van der Waals surface area contributed by atoms with Crippen LogP contribution in [0.15, 0.2) is 10.5 Å². The molecule has 1 heterocycles. The van der Waals surface area contributed by atoms with Crippen LogP contribution in [0.5, 0.6) is 0 Å². The first kappa shape index (κ1) is 11.8. The number of amides is 1. The van der Waals surface area contributed by atoms with Crippen LogP contribution < -0.4 is 5.32 Å². The molecule has 0 fully saturated rings. The molecule has 0 radical (unpaired) electrons. The number of hydrogen-bond donors (Lipinski definition) is 1. The first-order valence-electron chi connectivity index (χ1n) is 4.91. The molecule has 84 valence electrons. The maximum Gasteiger partial charge on any atom is 0.255 e. The summed E-state index contributed by atoms with van der Waals surface area (Å²) in [6, 6.07) is 1.74. The number of carbonyl (C=O) groups is 1. The number of methoxy groups -OCH3 is 1. The summed E-state index contributed by atoms with van der Waals surface area (Å²) in [6.07, 6.45) is 0. The summed E-state index contributed by atoms with van der Waals surface area (Å²) in [7, 11) is 1.61. The molecule has 0 saturated heterocycles. The highest BCUT2D eigenvalue weighted by Gasteiger charge is 2.15. The van der Waals surface area contributed by atoms with E-state index in [0.717, 1.165) is 5.76 Å². The fraction of sp³-hybridized carbons (Fsp3) is 0.545. The molecule has 4 heteroatoms. The van der Waals surface area contributed by atoms with Crippen molar-refractivity contribution in [2.75, 3.05) is 13.7 Å². The normalized spacial score (nSPS) is 12.5. The van der Waals surface area contributed by atoms with Gasteiger partial charge in [-0.2, -0.15) is 0 Å². The van der Waals surface area contributed by atoms with Crippen molar-refractivity contribution < 1.29 is 13.9 Å². The first-order valence-corrected chi connectivity index (χ1v) is 4.91. The van der Waals surface area contributed by atoms with Crippen LogP contribution in [-0.4, -0.2) is 25.7 Å². The fourth-order valence-electron chi connectivity index (χ4n) is 1.45. The molecular weight excluding hydrogens is 194 g/mol. The predicted octanol–water partition coefficient (Wildman–Crippen LogP) is 1.66. The van der Waals surface area contributed by atoms with Crippen molar-refractivity contribution in [1.82, 2.24) is 5.32 Å². The molecular formula is C11H17NO3. The number of rotatable bonds is 4. The van der Waals surface area contributed by atoms with E-state index in [1.54, 1.807) is 20.1 Å². The standard InChI is InChI=1S/C11H17NO3/c1-7(6-14-4)12-11(13)10-5-8(2)15-9(10)3/h5,7H,6H2,1-4H3,(H,12,13)/t7-/m0/s1. The molecule has 15 heavy (non-hydrogen) atoms. The summed E-state index contributed by atoms with van der Waals surface area (Å²) in [5.41, 5.74) is 0.593. The number of furan rings is 1. The summed E-state index contributed by atoms with van der Waals surface area (Å²) in [5, 5.41) is 2.83. The van der Waals surface area contributed by atoms with Gasteiger partial charge in [0.1, 0.15) is 11.5 Å². The molecule has 0 aliphatic heterocycles. The van der Waals surface area contributed by atoms with Crippen molar-refractivity contribution in [2.24, 2.45) is 0 Å². The number of nitrogens with one attached hydrogen (secondary N) is 1. The van der Waals surface area contributed by atoms with Gasteiger partial charge in [0.25, 0.3) is 5.91 Å². The van der Waals surface area contributed by atoms with Crippen LogP contribution in [0, 0.1) is 13.8 Å². The molecule has 0 unspecified atom stereocenters. The second-order valence-corrected chi connectivity index (χ2v) is 3.66. The monoisotopic (exact) mass is 211 g/mol. The van der Waals surface area contributed by atoms with E-state index in [1.807, 2.05) is 13.8 Å². The zero-order valence-corrected chi connectivity index (χ0v) is 9.59. The van der Waals surface area contributed by atoms with Crippen molar-refractivity contribution in [1.29, 1.82) is 0 Å². The number of hydrogen-bond acceptors (Lipinski definition) is 3. The van der Waals surface area contributed by atoms with Gasteiger partial charge in [0.15, 0.2) is 0 Å². The third kappa shape index (κ3) is 3.09. The van der Waals surface area contributed by atoms with Crippen LogP contribution in [-0.2, 0) is 4.74 Å². The third-order valence-electron chi connectivity index (χ3n) is 2.08. The molecule has 1 aromatic rings. The molecule has 0 aliphatic rings. The molecule has 1 aromatic heterocycles. The maximum absolute atomic E-state index is 11.7. The minimum atomic E-state index is -0.117. The average Bonchev–Trinajstić information content (AvgIpc) is 2.45. The molecule has 1 atom stereocenters. The molecule has 0 saturated carbocycles.